The van der Waals surface area contributed by atoms with Crippen LogP contribution in [-0.4, -0.2) is 33.8 Å². The number of nitrogens with zero attached hydrogens (tertiary/aromatic N) is 4. The van der Waals surface area contributed by atoms with E-state index in [1.807, 2.05) is 0 Å². The Morgan fingerprint density at radius 1 is 1.15 bits per heavy atom. The second-order valence-electron chi connectivity index (χ2n) is 7.44. The summed E-state index contributed by atoms with van der Waals surface area (Å²) in [5.74, 6) is 2.88. The Bertz CT molecular complexity index is 732. The minimum atomic E-state index is 0.0193. The lowest BCUT2D eigenvalue weighted by Crippen LogP contribution is -2.43. The zero-order chi connectivity index (χ0) is 18.4. The molecule has 1 aromatic heterocycles. The molecule has 2 heterocycles. The zero-order valence-electron chi connectivity index (χ0n) is 16.1. The van der Waals surface area contributed by atoms with E-state index in [-0.39, 0.29) is 5.41 Å². The van der Waals surface area contributed by atoms with Crippen LogP contribution in [0.15, 0.2) is 35.3 Å². The van der Waals surface area contributed by atoms with Crippen LogP contribution in [0.3, 0.4) is 0 Å². The quantitative estimate of drug-likeness (QED) is 0.618. The number of hydrogen-bond donors (Lipinski definition) is 2. The lowest BCUT2D eigenvalue weighted by atomic mass is 9.85. The van der Waals surface area contributed by atoms with E-state index in [2.05, 4.69) is 76.5 Å². The molecule has 0 saturated carbocycles. The van der Waals surface area contributed by atoms with Crippen LogP contribution < -0.4 is 10.6 Å². The first-order valence-corrected chi connectivity index (χ1v) is 9.59. The molecule has 26 heavy (non-hydrogen) atoms. The minimum absolute atomic E-state index is 0.0193. The van der Waals surface area contributed by atoms with Crippen molar-refractivity contribution in [3.05, 3.63) is 47.5 Å². The Kier molecular flexibility index (Phi) is 5.91. The van der Waals surface area contributed by atoms with Gasteiger partial charge in [0.1, 0.15) is 12.4 Å². The number of hydrogen-bond acceptors (Lipinski definition) is 3. The van der Waals surface area contributed by atoms with Crippen LogP contribution in [0.1, 0.15) is 50.8 Å². The first-order chi connectivity index (χ1) is 12.6. The van der Waals surface area contributed by atoms with Crippen LogP contribution in [0.5, 0.6) is 0 Å². The number of rotatable bonds is 6. The summed E-state index contributed by atoms with van der Waals surface area (Å²) in [6, 6.07) is 10.6. The average Bonchev–Trinajstić information content (AvgIpc) is 3.08. The molecular formula is C20H30N6. The molecule has 0 unspecified atom stereocenters. The van der Waals surface area contributed by atoms with Crippen LogP contribution in [0.4, 0.5) is 0 Å². The first-order valence-electron chi connectivity index (χ1n) is 9.59. The molecule has 2 N–H and O–H groups in total. The molecule has 0 fully saturated rings. The molecule has 1 aliphatic heterocycles. The standard InChI is InChI=1S/C20H30N6/c1-4-21-19(23-15-20(2,3)16-10-6-5-7-11-16)22-14-18-25-24-17-12-8-9-13-26(17)18/h5-7,10-11H,4,8-9,12-15H2,1-3H3,(H2,21,22,23). The Morgan fingerprint density at radius 3 is 2.73 bits per heavy atom. The molecule has 0 amide bonds. The third kappa shape index (κ3) is 4.42. The molecule has 6 heteroatoms. The van der Waals surface area contributed by atoms with Gasteiger partial charge >= 0.3 is 0 Å². The Morgan fingerprint density at radius 2 is 1.96 bits per heavy atom. The summed E-state index contributed by atoms with van der Waals surface area (Å²) in [4.78, 5) is 4.73. The van der Waals surface area contributed by atoms with Gasteiger partial charge in [0.05, 0.1) is 0 Å². The fourth-order valence-electron chi connectivity index (χ4n) is 3.27. The van der Waals surface area contributed by atoms with Crippen LogP contribution in [0.25, 0.3) is 0 Å². The van der Waals surface area contributed by atoms with Crippen LogP contribution in [-0.2, 0) is 24.9 Å². The van der Waals surface area contributed by atoms with Gasteiger partial charge in [-0.15, -0.1) is 10.2 Å². The van der Waals surface area contributed by atoms with E-state index in [1.54, 1.807) is 0 Å². The van der Waals surface area contributed by atoms with E-state index in [9.17, 15) is 0 Å². The second-order valence-corrected chi connectivity index (χ2v) is 7.44. The summed E-state index contributed by atoms with van der Waals surface area (Å²) in [6.45, 7) is 9.77. The van der Waals surface area contributed by atoms with Crippen LogP contribution in [0, 0.1) is 0 Å². The third-order valence-corrected chi connectivity index (χ3v) is 4.91. The van der Waals surface area contributed by atoms with Gasteiger partial charge in [0, 0.05) is 31.5 Å². The molecule has 140 valence electrons. The molecule has 6 nitrogen and oxygen atoms in total. The van der Waals surface area contributed by atoms with Crippen LogP contribution in [0.2, 0.25) is 0 Å². The highest BCUT2D eigenvalue weighted by Gasteiger charge is 2.21. The molecule has 0 atom stereocenters. The molecule has 1 aromatic carbocycles. The van der Waals surface area contributed by atoms with E-state index in [4.69, 9.17) is 4.99 Å². The van der Waals surface area contributed by atoms with Crippen molar-refractivity contribution in [2.45, 2.75) is 58.5 Å². The van der Waals surface area contributed by atoms with Crippen LogP contribution >= 0.6 is 0 Å². The average molecular weight is 355 g/mol. The molecule has 1 aliphatic rings. The molecular weight excluding hydrogens is 324 g/mol. The number of guanidine groups is 1. The topological polar surface area (TPSA) is 67.1 Å². The van der Waals surface area contributed by atoms with Crippen molar-refractivity contribution in [2.75, 3.05) is 13.1 Å². The Hall–Kier alpha value is -2.37. The molecule has 0 aliphatic carbocycles. The summed E-state index contributed by atoms with van der Waals surface area (Å²) in [6.07, 6.45) is 3.44. The van der Waals surface area contributed by atoms with Crippen molar-refractivity contribution in [2.24, 2.45) is 4.99 Å². The summed E-state index contributed by atoms with van der Waals surface area (Å²) < 4.78 is 2.23. The highest BCUT2D eigenvalue weighted by Crippen LogP contribution is 2.21. The zero-order valence-corrected chi connectivity index (χ0v) is 16.1. The lowest BCUT2D eigenvalue weighted by molar-refractivity contribution is 0.504. The van der Waals surface area contributed by atoms with Gasteiger partial charge in [-0.2, -0.15) is 0 Å². The molecule has 0 bridgehead atoms. The predicted octanol–water partition coefficient (Wildman–Crippen LogP) is 2.65. The minimum Gasteiger partial charge on any atom is -0.357 e. The highest BCUT2D eigenvalue weighted by molar-refractivity contribution is 5.79. The number of nitrogens with one attached hydrogen (secondary N) is 2. The number of fused-ring (bicyclic) bond motifs is 1. The van der Waals surface area contributed by atoms with Gasteiger partial charge in [-0.1, -0.05) is 44.2 Å². The van der Waals surface area contributed by atoms with Crippen molar-refractivity contribution >= 4 is 5.96 Å². The van der Waals surface area contributed by atoms with E-state index >= 15 is 0 Å². The van der Waals surface area contributed by atoms with Gasteiger partial charge in [0.15, 0.2) is 11.8 Å². The van der Waals surface area contributed by atoms with Gasteiger partial charge in [0.25, 0.3) is 0 Å². The molecule has 0 radical (unpaired) electrons. The monoisotopic (exact) mass is 354 g/mol. The third-order valence-electron chi connectivity index (χ3n) is 4.91. The molecule has 3 rings (SSSR count). The number of benzene rings is 1. The number of aliphatic imine (C=N–C) groups is 1. The summed E-state index contributed by atoms with van der Waals surface area (Å²) >= 11 is 0. The van der Waals surface area contributed by atoms with Gasteiger partial charge in [-0.3, -0.25) is 0 Å². The van der Waals surface area contributed by atoms with E-state index in [0.717, 1.165) is 43.7 Å². The summed E-state index contributed by atoms with van der Waals surface area (Å²) in [5, 5.41) is 15.5. The lowest BCUT2D eigenvalue weighted by Gasteiger charge is -2.26. The second kappa shape index (κ2) is 8.34. The van der Waals surface area contributed by atoms with Crippen molar-refractivity contribution in [3.8, 4) is 0 Å². The van der Waals surface area contributed by atoms with Crippen molar-refractivity contribution < 1.29 is 0 Å². The smallest absolute Gasteiger partial charge is 0.191 e. The predicted molar refractivity (Wildman–Crippen MR) is 105 cm³/mol. The number of aromatic nitrogens is 3. The summed E-state index contributed by atoms with van der Waals surface area (Å²) in [5.41, 5.74) is 1.33. The fourth-order valence-corrected chi connectivity index (χ4v) is 3.27. The number of aryl methyl sites for hydroxylation is 1. The maximum absolute atomic E-state index is 4.73. The van der Waals surface area contributed by atoms with E-state index in [0.29, 0.717) is 6.54 Å². The normalized spacial score (nSPS) is 14.8. The fraction of sp³-hybridized carbons (Fsp3) is 0.550. The largest absolute Gasteiger partial charge is 0.357 e. The maximum atomic E-state index is 4.73. The van der Waals surface area contributed by atoms with Gasteiger partial charge in [0.2, 0.25) is 0 Å². The molecule has 0 saturated heterocycles. The van der Waals surface area contributed by atoms with Crippen molar-refractivity contribution in [1.82, 2.24) is 25.4 Å². The maximum Gasteiger partial charge on any atom is 0.191 e. The summed E-state index contributed by atoms with van der Waals surface area (Å²) in [7, 11) is 0. The van der Waals surface area contributed by atoms with Gasteiger partial charge in [-0.05, 0) is 25.3 Å². The van der Waals surface area contributed by atoms with E-state index < -0.39 is 0 Å². The highest BCUT2D eigenvalue weighted by atomic mass is 15.3. The van der Waals surface area contributed by atoms with Crippen molar-refractivity contribution in [1.29, 1.82) is 0 Å². The molecule has 2 aromatic rings. The van der Waals surface area contributed by atoms with Gasteiger partial charge in [-0.25, -0.2) is 4.99 Å². The first kappa shape index (κ1) is 18.4. The Balaban J connectivity index is 1.65. The molecule has 0 spiro atoms. The van der Waals surface area contributed by atoms with Crippen molar-refractivity contribution in [3.63, 3.8) is 0 Å². The SMILES string of the molecule is CCNC(=NCc1nnc2n1CCCC2)NCC(C)(C)c1ccccc1. The van der Waals surface area contributed by atoms with Gasteiger partial charge < -0.3 is 15.2 Å². The Labute approximate surface area is 156 Å². The van der Waals surface area contributed by atoms with E-state index in [1.165, 1.54) is 18.4 Å².